The number of carbonyl (C=O) groups excluding carboxylic acids is 1. The van der Waals surface area contributed by atoms with Crippen LogP contribution in [0, 0.1) is 5.92 Å². The van der Waals surface area contributed by atoms with Crippen LogP contribution in [0.4, 0.5) is 0 Å². The molecule has 0 radical (unpaired) electrons. The summed E-state index contributed by atoms with van der Waals surface area (Å²) in [5.41, 5.74) is 5.65. The van der Waals surface area contributed by atoms with Gasteiger partial charge in [0.15, 0.2) is 0 Å². The molecule has 4 nitrogen and oxygen atoms in total. The van der Waals surface area contributed by atoms with E-state index >= 15 is 0 Å². The van der Waals surface area contributed by atoms with Crippen LogP contribution in [-0.4, -0.2) is 54.7 Å². The second-order valence-corrected chi connectivity index (χ2v) is 5.33. The predicted octanol–water partition coefficient (Wildman–Crippen LogP) is -0.0744. The zero-order chi connectivity index (χ0) is 10.7. The van der Waals surface area contributed by atoms with Gasteiger partial charge < -0.3 is 15.4 Å². The van der Waals surface area contributed by atoms with Crippen molar-refractivity contribution >= 4 is 17.7 Å². The Labute approximate surface area is 94.5 Å². The van der Waals surface area contributed by atoms with Crippen molar-refractivity contribution in [1.29, 1.82) is 0 Å². The first-order chi connectivity index (χ1) is 7.31. The van der Waals surface area contributed by atoms with E-state index in [9.17, 15) is 4.79 Å². The molecule has 2 heterocycles. The average Bonchev–Trinajstić information content (AvgIpc) is 2.74. The molecule has 2 aliphatic rings. The van der Waals surface area contributed by atoms with E-state index < -0.39 is 0 Å². The molecule has 2 aliphatic heterocycles. The van der Waals surface area contributed by atoms with Crippen molar-refractivity contribution in [2.45, 2.75) is 12.5 Å². The molecule has 5 heteroatoms. The number of nitrogens with zero attached hydrogens (tertiary/aromatic N) is 1. The van der Waals surface area contributed by atoms with Crippen LogP contribution in [-0.2, 0) is 9.53 Å². The third-order valence-electron chi connectivity index (χ3n) is 3.05. The summed E-state index contributed by atoms with van der Waals surface area (Å²) in [6, 6.07) is 0.0943. The third-order valence-corrected chi connectivity index (χ3v) is 4.28. The van der Waals surface area contributed by atoms with E-state index in [-0.39, 0.29) is 18.6 Å². The lowest BCUT2D eigenvalue weighted by atomic mass is 10.1. The first-order valence-electron chi connectivity index (χ1n) is 5.46. The summed E-state index contributed by atoms with van der Waals surface area (Å²) in [4.78, 5) is 13.6. The van der Waals surface area contributed by atoms with E-state index in [4.69, 9.17) is 10.5 Å². The van der Waals surface area contributed by atoms with Crippen LogP contribution in [0.5, 0.6) is 0 Å². The highest BCUT2D eigenvalue weighted by atomic mass is 32.2. The molecular weight excluding hydrogens is 212 g/mol. The molecule has 0 spiro atoms. The normalized spacial score (nSPS) is 32.3. The van der Waals surface area contributed by atoms with Gasteiger partial charge in [-0.05, 0) is 23.8 Å². The van der Waals surface area contributed by atoms with E-state index in [0.29, 0.717) is 19.1 Å². The number of carbonyl (C=O) groups is 1. The molecule has 15 heavy (non-hydrogen) atoms. The van der Waals surface area contributed by atoms with Crippen molar-refractivity contribution in [2.75, 3.05) is 37.8 Å². The van der Waals surface area contributed by atoms with E-state index in [1.54, 1.807) is 0 Å². The van der Waals surface area contributed by atoms with Crippen LogP contribution >= 0.6 is 11.8 Å². The van der Waals surface area contributed by atoms with E-state index in [1.165, 1.54) is 17.9 Å². The zero-order valence-electron chi connectivity index (χ0n) is 8.85. The van der Waals surface area contributed by atoms with Crippen LogP contribution in [0.2, 0.25) is 0 Å². The largest absolute Gasteiger partial charge is 0.369 e. The van der Waals surface area contributed by atoms with Gasteiger partial charge in [-0.2, -0.15) is 11.8 Å². The van der Waals surface area contributed by atoms with Gasteiger partial charge in [0.1, 0.15) is 6.61 Å². The molecule has 2 rings (SSSR count). The summed E-state index contributed by atoms with van der Waals surface area (Å²) in [7, 11) is 0. The molecule has 86 valence electrons. The Morgan fingerprint density at radius 3 is 3.13 bits per heavy atom. The number of morpholine rings is 1. The molecule has 2 fully saturated rings. The van der Waals surface area contributed by atoms with Crippen molar-refractivity contribution in [1.82, 2.24) is 4.90 Å². The minimum absolute atomic E-state index is 0.0943. The van der Waals surface area contributed by atoms with Crippen LogP contribution < -0.4 is 5.73 Å². The van der Waals surface area contributed by atoms with Crippen molar-refractivity contribution in [3.05, 3.63) is 0 Å². The molecule has 0 aliphatic carbocycles. The number of hydrogen-bond donors (Lipinski definition) is 1. The maximum Gasteiger partial charge on any atom is 0.248 e. The fourth-order valence-electron chi connectivity index (χ4n) is 2.11. The SMILES string of the molecule is NCC1COCC(=O)N1CC1CCSC1. The maximum atomic E-state index is 11.7. The fourth-order valence-corrected chi connectivity index (χ4v) is 3.38. The molecule has 0 aromatic carbocycles. The standard InChI is InChI=1S/C10H18N2O2S/c11-3-9-5-14-6-10(13)12(9)4-8-1-2-15-7-8/h8-9H,1-7,11H2. The van der Waals surface area contributed by atoms with Gasteiger partial charge in [0.05, 0.1) is 12.6 Å². The molecule has 2 saturated heterocycles. The predicted molar refractivity (Wildman–Crippen MR) is 60.8 cm³/mol. The Kier molecular flexibility index (Phi) is 3.88. The monoisotopic (exact) mass is 230 g/mol. The Morgan fingerprint density at radius 1 is 1.60 bits per heavy atom. The Balaban J connectivity index is 1.93. The third kappa shape index (κ3) is 2.65. The number of rotatable bonds is 3. The lowest BCUT2D eigenvalue weighted by molar-refractivity contribution is -0.148. The van der Waals surface area contributed by atoms with Gasteiger partial charge in [0.25, 0.3) is 0 Å². The highest BCUT2D eigenvalue weighted by Crippen LogP contribution is 2.25. The van der Waals surface area contributed by atoms with Crippen molar-refractivity contribution in [2.24, 2.45) is 11.7 Å². The summed E-state index contributed by atoms with van der Waals surface area (Å²) in [5.74, 6) is 3.18. The topological polar surface area (TPSA) is 55.6 Å². The van der Waals surface area contributed by atoms with E-state index in [1.807, 2.05) is 16.7 Å². The average molecular weight is 230 g/mol. The molecule has 0 aromatic heterocycles. The van der Waals surface area contributed by atoms with Crippen molar-refractivity contribution in [3.8, 4) is 0 Å². The van der Waals surface area contributed by atoms with Crippen molar-refractivity contribution in [3.63, 3.8) is 0 Å². The number of ether oxygens (including phenoxy) is 1. The molecule has 0 bridgehead atoms. The van der Waals surface area contributed by atoms with Gasteiger partial charge in [-0.3, -0.25) is 4.79 Å². The van der Waals surface area contributed by atoms with Crippen LogP contribution in [0.25, 0.3) is 0 Å². The number of nitrogens with two attached hydrogens (primary N) is 1. The minimum Gasteiger partial charge on any atom is -0.369 e. The summed E-state index contributed by atoms with van der Waals surface area (Å²) in [6.45, 7) is 2.21. The van der Waals surface area contributed by atoms with Crippen LogP contribution in [0.3, 0.4) is 0 Å². The van der Waals surface area contributed by atoms with Gasteiger partial charge in [0, 0.05) is 13.1 Å². The van der Waals surface area contributed by atoms with Gasteiger partial charge in [-0.25, -0.2) is 0 Å². The first kappa shape index (κ1) is 11.2. The van der Waals surface area contributed by atoms with E-state index in [2.05, 4.69) is 0 Å². The number of amides is 1. The second-order valence-electron chi connectivity index (χ2n) is 4.18. The van der Waals surface area contributed by atoms with Gasteiger partial charge in [-0.1, -0.05) is 0 Å². The van der Waals surface area contributed by atoms with Crippen LogP contribution in [0.15, 0.2) is 0 Å². The fraction of sp³-hybridized carbons (Fsp3) is 0.900. The summed E-state index contributed by atoms with van der Waals surface area (Å²) in [6.07, 6.45) is 1.23. The highest BCUT2D eigenvalue weighted by Gasteiger charge is 2.30. The van der Waals surface area contributed by atoms with Crippen molar-refractivity contribution < 1.29 is 9.53 Å². The molecule has 0 aromatic rings. The summed E-state index contributed by atoms with van der Waals surface area (Å²) in [5, 5.41) is 0. The second kappa shape index (κ2) is 5.18. The quantitative estimate of drug-likeness (QED) is 0.737. The Hall–Kier alpha value is -0.260. The van der Waals surface area contributed by atoms with Crippen LogP contribution in [0.1, 0.15) is 6.42 Å². The number of thioether (sulfide) groups is 1. The lowest BCUT2D eigenvalue weighted by Gasteiger charge is -2.36. The highest BCUT2D eigenvalue weighted by molar-refractivity contribution is 7.99. The minimum atomic E-state index is 0.0943. The maximum absolute atomic E-state index is 11.7. The first-order valence-corrected chi connectivity index (χ1v) is 6.61. The molecule has 2 N–H and O–H groups in total. The Morgan fingerprint density at radius 2 is 2.47 bits per heavy atom. The molecule has 1 amide bonds. The smallest absolute Gasteiger partial charge is 0.248 e. The molecule has 2 unspecified atom stereocenters. The van der Waals surface area contributed by atoms with Gasteiger partial charge >= 0.3 is 0 Å². The van der Waals surface area contributed by atoms with Gasteiger partial charge in [0.2, 0.25) is 5.91 Å². The molecular formula is C10H18N2O2S. The summed E-state index contributed by atoms with van der Waals surface area (Å²) < 4.78 is 5.20. The molecule has 0 saturated carbocycles. The molecule has 2 atom stereocenters. The number of hydrogen-bond acceptors (Lipinski definition) is 4. The Bertz CT molecular complexity index is 231. The summed E-state index contributed by atoms with van der Waals surface area (Å²) >= 11 is 1.98. The lowest BCUT2D eigenvalue weighted by Crippen LogP contribution is -2.54. The van der Waals surface area contributed by atoms with Gasteiger partial charge in [-0.15, -0.1) is 0 Å². The zero-order valence-corrected chi connectivity index (χ0v) is 9.67. The van der Waals surface area contributed by atoms with E-state index in [0.717, 1.165) is 6.54 Å².